The van der Waals surface area contributed by atoms with Gasteiger partial charge in [-0.15, -0.1) is 0 Å². The normalized spacial score (nSPS) is 10.6. The highest BCUT2D eigenvalue weighted by atomic mass is 16.5. The van der Waals surface area contributed by atoms with Crippen molar-refractivity contribution in [1.82, 2.24) is 9.55 Å². The van der Waals surface area contributed by atoms with E-state index < -0.39 is 0 Å². The molecule has 0 bridgehead atoms. The third-order valence-electron chi connectivity index (χ3n) is 3.61. The molecule has 0 saturated carbocycles. The molecule has 1 heterocycles. The molecule has 0 spiro atoms. The first-order valence-corrected chi connectivity index (χ1v) is 6.95. The highest BCUT2D eigenvalue weighted by molar-refractivity contribution is 5.79. The molecule has 0 atom stereocenters. The van der Waals surface area contributed by atoms with Crippen molar-refractivity contribution in [3.05, 3.63) is 53.1 Å². The van der Waals surface area contributed by atoms with Gasteiger partial charge in [-0.1, -0.05) is 0 Å². The Kier molecular flexibility index (Phi) is 3.89. The number of nitrogens with zero attached hydrogens (tertiary/aromatic N) is 2. The second-order valence-electron chi connectivity index (χ2n) is 4.84. The van der Waals surface area contributed by atoms with Crippen molar-refractivity contribution < 1.29 is 14.2 Å². The van der Waals surface area contributed by atoms with Crippen LogP contribution in [0.1, 0.15) is 0 Å². The van der Waals surface area contributed by atoms with Crippen LogP contribution in [0.4, 0.5) is 0 Å². The smallest absolute Gasteiger partial charge is 0.266 e. The summed E-state index contributed by atoms with van der Waals surface area (Å²) >= 11 is 0. The van der Waals surface area contributed by atoms with Crippen molar-refractivity contribution in [3.8, 4) is 22.9 Å². The molecule has 2 aromatic carbocycles. The lowest BCUT2D eigenvalue weighted by atomic mass is 10.2. The van der Waals surface area contributed by atoms with Crippen LogP contribution in [0.2, 0.25) is 0 Å². The number of benzene rings is 2. The van der Waals surface area contributed by atoms with Gasteiger partial charge in [0.1, 0.15) is 23.6 Å². The molecular formula is C17H16N2O4. The summed E-state index contributed by atoms with van der Waals surface area (Å²) in [5, 5.41) is 0.477. The van der Waals surface area contributed by atoms with Gasteiger partial charge in [-0.2, -0.15) is 0 Å². The minimum atomic E-state index is -0.197. The first-order chi connectivity index (χ1) is 11.2. The van der Waals surface area contributed by atoms with Crippen molar-refractivity contribution in [2.75, 3.05) is 21.3 Å². The fraction of sp³-hybridized carbons (Fsp3) is 0.176. The summed E-state index contributed by atoms with van der Waals surface area (Å²) in [6, 6.07) is 10.4. The van der Waals surface area contributed by atoms with E-state index in [1.165, 1.54) is 10.9 Å². The summed E-state index contributed by atoms with van der Waals surface area (Å²) < 4.78 is 17.2. The molecule has 0 radical (unpaired) electrons. The maximum atomic E-state index is 12.8. The molecule has 6 heteroatoms. The van der Waals surface area contributed by atoms with Gasteiger partial charge in [-0.05, 0) is 30.3 Å². The van der Waals surface area contributed by atoms with Crippen LogP contribution in [0.5, 0.6) is 17.2 Å². The van der Waals surface area contributed by atoms with Crippen molar-refractivity contribution in [1.29, 1.82) is 0 Å². The van der Waals surface area contributed by atoms with E-state index in [9.17, 15) is 4.79 Å². The van der Waals surface area contributed by atoms with E-state index in [1.807, 2.05) is 0 Å². The first kappa shape index (κ1) is 14.9. The van der Waals surface area contributed by atoms with Crippen LogP contribution in [-0.4, -0.2) is 30.9 Å². The number of aromatic nitrogens is 2. The Balaban J connectivity index is 2.24. The number of fused-ring (bicyclic) bond motifs is 1. The molecule has 3 rings (SSSR count). The number of rotatable bonds is 4. The predicted octanol–water partition coefficient (Wildman–Crippen LogP) is 2.41. The van der Waals surface area contributed by atoms with Gasteiger partial charge in [0.05, 0.1) is 37.9 Å². The van der Waals surface area contributed by atoms with Gasteiger partial charge in [-0.3, -0.25) is 9.36 Å². The van der Waals surface area contributed by atoms with Gasteiger partial charge in [0.15, 0.2) is 0 Å². The largest absolute Gasteiger partial charge is 0.497 e. The second-order valence-corrected chi connectivity index (χ2v) is 4.84. The van der Waals surface area contributed by atoms with Crippen molar-refractivity contribution in [3.63, 3.8) is 0 Å². The van der Waals surface area contributed by atoms with Crippen LogP contribution in [0.3, 0.4) is 0 Å². The minimum Gasteiger partial charge on any atom is -0.497 e. The monoisotopic (exact) mass is 312 g/mol. The van der Waals surface area contributed by atoms with Crippen LogP contribution in [0.15, 0.2) is 47.5 Å². The Labute approximate surface area is 132 Å². The lowest BCUT2D eigenvalue weighted by molar-refractivity contribution is 0.393. The Bertz CT molecular complexity index is 918. The number of hydrogen-bond acceptors (Lipinski definition) is 5. The molecule has 0 aliphatic rings. The number of methoxy groups -OCH3 is 3. The molecule has 6 nitrogen and oxygen atoms in total. The van der Waals surface area contributed by atoms with Crippen LogP contribution in [0.25, 0.3) is 16.6 Å². The first-order valence-electron chi connectivity index (χ1n) is 6.95. The summed E-state index contributed by atoms with van der Waals surface area (Å²) in [7, 11) is 4.67. The molecule has 0 aliphatic heterocycles. The zero-order chi connectivity index (χ0) is 16.4. The van der Waals surface area contributed by atoms with E-state index in [2.05, 4.69) is 4.98 Å². The lowest BCUT2D eigenvalue weighted by Gasteiger charge is -2.12. The second kappa shape index (κ2) is 6.00. The van der Waals surface area contributed by atoms with Crippen LogP contribution >= 0.6 is 0 Å². The SMILES string of the molecule is COc1ccc(-n2cnc3ccc(OC)cc3c2=O)c(OC)c1. The van der Waals surface area contributed by atoms with Crippen molar-refractivity contribution in [2.45, 2.75) is 0 Å². The summed E-state index contributed by atoms with van der Waals surface area (Å²) in [6.45, 7) is 0. The Morgan fingerprint density at radius 2 is 1.61 bits per heavy atom. The van der Waals surface area contributed by atoms with Crippen LogP contribution in [-0.2, 0) is 0 Å². The quantitative estimate of drug-likeness (QED) is 0.740. The van der Waals surface area contributed by atoms with E-state index in [0.717, 1.165) is 0 Å². The van der Waals surface area contributed by atoms with Crippen molar-refractivity contribution in [2.24, 2.45) is 0 Å². The molecule has 1 aromatic heterocycles. The number of ether oxygens (including phenoxy) is 3. The average Bonchev–Trinajstić information content (AvgIpc) is 2.61. The third-order valence-corrected chi connectivity index (χ3v) is 3.61. The Morgan fingerprint density at radius 3 is 2.30 bits per heavy atom. The molecule has 0 N–H and O–H groups in total. The van der Waals surface area contributed by atoms with Gasteiger partial charge >= 0.3 is 0 Å². The summed E-state index contributed by atoms with van der Waals surface area (Å²) in [5.41, 5.74) is 1.01. The van der Waals surface area contributed by atoms with E-state index in [0.29, 0.717) is 33.8 Å². The van der Waals surface area contributed by atoms with Gasteiger partial charge < -0.3 is 14.2 Å². The lowest BCUT2D eigenvalue weighted by Crippen LogP contribution is -2.19. The molecule has 118 valence electrons. The summed E-state index contributed by atoms with van der Waals surface area (Å²) in [5.74, 6) is 1.78. The van der Waals surface area contributed by atoms with Gasteiger partial charge in [-0.25, -0.2) is 4.98 Å². The molecule has 0 unspecified atom stereocenters. The highest BCUT2D eigenvalue weighted by Gasteiger charge is 2.12. The number of hydrogen-bond donors (Lipinski definition) is 0. The molecule has 23 heavy (non-hydrogen) atoms. The highest BCUT2D eigenvalue weighted by Crippen LogP contribution is 2.27. The Hall–Kier alpha value is -3.02. The maximum Gasteiger partial charge on any atom is 0.266 e. The molecular weight excluding hydrogens is 296 g/mol. The molecule has 0 aliphatic carbocycles. The van der Waals surface area contributed by atoms with Crippen LogP contribution in [0, 0.1) is 0 Å². The third kappa shape index (κ3) is 2.59. The molecule has 3 aromatic rings. The van der Waals surface area contributed by atoms with Gasteiger partial charge in [0, 0.05) is 6.07 Å². The van der Waals surface area contributed by atoms with E-state index >= 15 is 0 Å². The molecule has 0 saturated heterocycles. The zero-order valence-electron chi connectivity index (χ0n) is 13.1. The van der Waals surface area contributed by atoms with Gasteiger partial charge in [0.25, 0.3) is 5.56 Å². The van der Waals surface area contributed by atoms with Crippen LogP contribution < -0.4 is 19.8 Å². The van der Waals surface area contributed by atoms with E-state index in [-0.39, 0.29) is 5.56 Å². The summed E-state index contributed by atoms with van der Waals surface area (Å²) in [4.78, 5) is 17.1. The minimum absolute atomic E-state index is 0.197. The average molecular weight is 312 g/mol. The zero-order valence-corrected chi connectivity index (χ0v) is 13.1. The van der Waals surface area contributed by atoms with E-state index in [4.69, 9.17) is 14.2 Å². The molecule has 0 fully saturated rings. The standard InChI is InChI=1S/C17H16N2O4/c1-21-11-4-6-14-13(8-11)17(20)19(10-18-14)15-7-5-12(22-2)9-16(15)23-3/h4-10H,1-3H3. The van der Waals surface area contributed by atoms with Gasteiger partial charge in [0.2, 0.25) is 0 Å². The fourth-order valence-corrected chi connectivity index (χ4v) is 2.38. The maximum absolute atomic E-state index is 12.8. The Morgan fingerprint density at radius 1 is 0.913 bits per heavy atom. The predicted molar refractivity (Wildman–Crippen MR) is 87.0 cm³/mol. The fourth-order valence-electron chi connectivity index (χ4n) is 2.38. The molecule has 0 amide bonds. The van der Waals surface area contributed by atoms with Crippen molar-refractivity contribution >= 4 is 10.9 Å². The van der Waals surface area contributed by atoms with E-state index in [1.54, 1.807) is 57.7 Å². The summed E-state index contributed by atoms with van der Waals surface area (Å²) in [6.07, 6.45) is 1.49. The topological polar surface area (TPSA) is 62.6 Å².